The Bertz CT molecular complexity index is 1210. The second-order valence-corrected chi connectivity index (χ2v) is 6.97. The molecule has 0 atom stereocenters. The van der Waals surface area contributed by atoms with Gasteiger partial charge in [-0.25, -0.2) is 0 Å². The summed E-state index contributed by atoms with van der Waals surface area (Å²) in [5, 5.41) is 10.4. The van der Waals surface area contributed by atoms with Crippen molar-refractivity contribution in [2.75, 3.05) is 13.7 Å². The molecule has 31 heavy (non-hydrogen) atoms. The van der Waals surface area contributed by atoms with Gasteiger partial charge in [0.1, 0.15) is 11.5 Å². The number of methoxy groups -OCH3 is 1. The zero-order chi connectivity index (χ0) is 21.8. The number of carboxylic acids is 1. The Morgan fingerprint density at radius 1 is 0.968 bits per heavy atom. The first kappa shape index (κ1) is 20.3. The number of aromatic nitrogens is 1. The summed E-state index contributed by atoms with van der Waals surface area (Å²) >= 11 is 0. The zero-order valence-electron chi connectivity index (χ0n) is 17.3. The maximum absolute atomic E-state index is 11.6. The Morgan fingerprint density at radius 3 is 2.48 bits per heavy atom. The predicted molar refractivity (Wildman–Crippen MR) is 119 cm³/mol. The van der Waals surface area contributed by atoms with Crippen LogP contribution in [0.1, 0.15) is 12.5 Å². The van der Waals surface area contributed by atoms with Crippen molar-refractivity contribution < 1.29 is 24.1 Å². The lowest BCUT2D eigenvalue weighted by atomic mass is 10.0. The number of fused-ring (bicyclic) bond motifs is 1. The van der Waals surface area contributed by atoms with Crippen LogP contribution >= 0.6 is 0 Å². The SMILES string of the molecule is CCOc1cc(-c2[nH]c3ccc(Oc4ccccc4)cc3c2CC(=O)O)ccc1OC. The van der Waals surface area contributed by atoms with Gasteiger partial charge in [0.25, 0.3) is 0 Å². The molecule has 158 valence electrons. The lowest BCUT2D eigenvalue weighted by Gasteiger charge is -2.11. The van der Waals surface area contributed by atoms with Gasteiger partial charge < -0.3 is 24.3 Å². The van der Waals surface area contributed by atoms with Crippen LogP contribution in [0.2, 0.25) is 0 Å². The summed E-state index contributed by atoms with van der Waals surface area (Å²) < 4.78 is 17.0. The molecule has 0 amide bonds. The van der Waals surface area contributed by atoms with Crippen LogP contribution in [0, 0.1) is 0 Å². The Balaban J connectivity index is 1.81. The van der Waals surface area contributed by atoms with Gasteiger partial charge in [0, 0.05) is 16.5 Å². The Kier molecular flexibility index (Phi) is 5.80. The molecule has 2 N–H and O–H groups in total. The van der Waals surface area contributed by atoms with Gasteiger partial charge >= 0.3 is 5.97 Å². The molecule has 3 aromatic carbocycles. The summed E-state index contributed by atoms with van der Waals surface area (Å²) in [5.41, 5.74) is 3.08. The molecule has 0 saturated carbocycles. The van der Waals surface area contributed by atoms with E-state index >= 15 is 0 Å². The molecular weight excluding hydrogens is 394 g/mol. The van der Waals surface area contributed by atoms with Gasteiger partial charge in [-0.2, -0.15) is 0 Å². The van der Waals surface area contributed by atoms with Crippen LogP contribution in [0.25, 0.3) is 22.2 Å². The lowest BCUT2D eigenvalue weighted by Crippen LogP contribution is -2.01. The smallest absolute Gasteiger partial charge is 0.307 e. The van der Waals surface area contributed by atoms with E-state index in [0.29, 0.717) is 35.2 Å². The Labute approximate surface area is 180 Å². The van der Waals surface area contributed by atoms with Crippen molar-refractivity contribution in [3.05, 3.63) is 72.3 Å². The summed E-state index contributed by atoms with van der Waals surface area (Å²) in [6.45, 7) is 2.40. The normalized spacial score (nSPS) is 10.8. The molecule has 0 unspecified atom stereocenters. The number of para-hydroxylation sites is 1. The van der Waals surface area contributed by atoms with Crippen LogP contribution in [0.3, 0.4) is 0 Å². The Hall–Kier alpha value is -3.93. The van der Waals surface area contributed by atoms with E-state index in [1.54, 1.807) is 7.11 Å². The first-order chi connectivity index (χ1) is 15.1. The van der Waals surface area contributed by atoms with Gasteiger partial charge in [0.05, 0.1) is 25.8 Å². The molecule has 0 aliphatic heterocycles. The monoisotopic (exact) mass is 417 g/mol. The molecule has 4 rings (SSSR count). The number of H-pyrrole nitrogens is 1. The van der Waals surface area contributed by atoms with Crippen LogP contribution in [0.5, 0.6) is 23.0 Å². The van der Waals surface area contributed by atoms with Crippen LogP contribution < -0.4 is 14.2 Å². The van der Waals surface area contributed by atoms with E-state index in [1.165, 1.54) is 0 Å². The van der Waals surface area contributed by atoms with E-state index < -0.39 is 5.97 Å². The zero-order valence-corrected chi connectivity index (χ0v) is 17.3. The summed E-state index contributed by atoms with van der Waals surface area (Å²) in [6.07, 6.45) is -0.125. The number of ether oxygens (including phenoxy) is 3. The van der Waals surface area contributed by atoms with Gasteiger partial charge in [-0.05, 0) is 61.0 Å². The van der Waals surface area contributed by atoms with E-state index in [0.717, 1.165) is 22.2 Å². The van der Waals surface area contributed by atoms with Gasteiger partial charge in [-0.3, -0.25) is 4.79 Å². The minimum absolute atomic E-state index is 0.125. The summed E-state index contributed by atoms with van der Waals surface area (Å²) in [6, 6.07) is 20.7. The molecule has 6 nitrogen and oxygen atoms in total. The average molecular weight is 417 g/mol. The third-order valence-corrected chi connectivity index (χ3v) is 4.94. The van der Waals surface area contributed by atoms with Gasteiger partial charge in [-0.15, -0.1) is 0 Å². The number of aliphatic carboxylic acids is 1. The molecule has 0 fully saturated rings. The second-order valence-electron chi connectivity index (χ2n) is 6.97. The summed E-state index contributed by atoms with van der Waals surface area (Å²) in [4.78, 5) is 15.0. The van der Waals surface area contributed by atoms with Crippen LogP contribution in [0.15, 0.2) is 66.7 Å². The second kappa shape index (κ2) is 8.83. The van der Waals surface area contributed by atoms with Crippen molar-refractivity contribution in [3.8, 4) is 34.3 Å². The van der Waals surface area contributed by atoms with Crippen molar-refractivity contribution >= 4 is 16.9 Å². The number of hydrogen-bond donors (Lipinski definition) is 2. The van der Waals surface area contributed by atoms with Crippen molar-refractivity contribution in [1.82, 2.24) is 4.98 Å². The molecule has 4 aromatic rings. The molecule has 0 saturated heterocycles. The molecule has 0 bridgehead atoms. The third kappa shape index (κ3) is 4.33. The van der Waals surface area contributed by atoms with E-state index in [4.69, 9.17) is 14.2 Å². The van der Waals surface area contributed by atoms with Gasteiger partial charge in [-0.1, -0.05) is 18.2 Å². The Morgan fingerprint density at radius 2 is 1.77 bits per heavy atom. The maximum Gasteiger partial charge on any atom is 0.307 e. The maximum atomic E-state index is 11.6. The lowest BCUT2D eigenvalue weighted by molar-refractivity contribution is -0.136. The molecule has 1 heterocycles. The van der Waals surface area contributed by atoms with E-state index in [2.05, 4.69) is 4.98 Å². The number of aromatic amines is 1. The largest absolute Gasteiger partial charge is 0.493 e. The molecule has 0 radical (unpaired) electrons. The van der Waals surface area contributed by atoms with E-state index in [9.17, 15) is 9.90 Å². The number of carboxylic acid groups (broad SMARTS) is 1. The molecule has 0 aliphatic rings. The van der Waals surface area contributed by atoms with E-state index in [-0.39, 0.29) is 6.42 Å². The fraction of sp³-hybridized carbons (Fsp3) is 0.160. The van der Waals surface area contributed by atoms with Crippen LogP contribution in [0.4, 0.5) is 0 Å². The van der Waals surface area contributed by atoms with Crippen LogP contribution in [-0.4, -0.2) is 29.8 Å². The minimum atomic E-state index is -0.907. The van der Waals surface area contributed by atoms with Crippen molar-refractivity contribution in [2.24, 2.45) is 0 Å². The first-order valence-electron chi connectivity index (χ1n) is 9.99. The van der Waals surface area contributed by atoms with Crippen molar-refractivity contribution in [2.45, 2.75) is 13.3 Å². The number of benzene rings is 3. The summed E-state index contributed by atoms with van der Waals surface area (Å²) in [5.74, 6) is 1.68. The highest BCUT2D eigenvalue weighted by Gasteiger charge is 2.18. The van der Waals surface area contributed by atoms with Crippen molar-refractivity contribution in [1.29, 1.82) is 0 Å². The number of nitrogens with one attached hydrogen (secondary N) is 1. The number of rotatable bonds is 8. The fourth-order valence-electron chi connectivity index (χ4n) is 3.60. The fourth-order valence-corrected chi connectivity index (χ4v) is 3.60. The van der Waals surface area contributed by atoms with Crippen molar-refractivity contribution in [3.63, 3.8) is 0 Å². The summed E-state index contributed by atoms with van der Waals surface area (Å²) in [7, 11) is 1.59. The standard InChI is InChI=1S/C25H23NO5/c1-3-30-23-13-16(9-12-22(23)29-2)25-20(15-24(27)28)19-14-18(10-11-21(19)26-25)31-17-7-5-4-6-8-17/h4-14,26H,3,15H2,1-2H3,(H,27,28). The molecule has 1 aromatic heterocycles. The first-order valence-corrected chi connectivity index (χ1v) is 9.99. The number of carbonyl (C=O) groups is 1. The highest BCUT2D eigenvalue weighted by atomic mass is 16.5. The molecule has 6 heteroatoms. The van der Waals surface area contributed by atoms with Crippen LogP contribution in [-0.2, 0) is 11.2 Å². The quantitative estimate of drug-likeness (QED) is 0.387. The van der Waals surface area contributed by atoms with Gasteiger partial charge in [0.2, 0.25) is 0 Å². The minimum Gasteiger partial charge on any atom is -0.493 e. The van der Waals surface area contributed by atoms with Gasteiger partial charge in [0.15, 0.2) is 11.5 Å². The topological polar surface area (TPSA) is 80.8 Å². The third-order valence-electron chi connectivity index (χ3n) is 4.94. The predicted octanol–water partition coefficient (Wildman–Crippen LogP) is 5.66. The highest BCUT2D eigenvalue weighted by Crippen LogP contribution is 2.37. The molecule has 0 aliphatic carbocycles. The average Bonchev–Trinajstić information content (AvgIpc) is 3.12. The molecular formula is C25H23NO5. The molecule has 0 spiro atoms. The van der Waals surface area contributed by atoms with E-state index in [1.807, 2.05) is 73.7 Å². The highest BCUT2D eigenvalue weighted by molar-refractivity contribution is 5.95. The number of hydrogen-bond acceptors (Lipinski definition) is 4.